The number of aliphatic hydroxyl groups excluding tert-OH is 8. The van der Waals surface area contributed by atoms with E-state index in [1.165, 1.54) is 17.4 Å². The van der Waals surface area contributed by atoms with Crippen molar-refractivity contribution in [3.05, 3.63) is 47.6 Å². The third-order valence-electron chi connectivity index (χ3n) is 10.7. The van der Waals surface area contributed by atoms with Crippen molar-refractivity contribution in [2.45, 2.75) is 105 Å². The second-order valence-corrected chi connectivity index (χ2v) is 15.2. The Balaban J connectivity index is 1.21. The number of allylic oxidation sites excluding steroid dienone is 2. The first-order chi connectivity index (χ1) is 30.1. The number of hydrazine groups is 2. The molecule has 4 aliphatic heterocycles. The van der Waals surface area contributed by atoms with Crippen LogP contribution in [0.2, 0.25) is 0 Å². The molecular weight excluding hydrogens is 844 g/mol. The number of rotatable bonds is 18. The van der Waals surface area contributed by atoms with E-state index in [1.807, 2.05) is 0 Å². The lowest BCUT2D eigenvalue weighted by Gasteiger charge is -2.48. The van der Waals surface area contributed by atoms with Crippen LogP contribution >= 0.6 is 0 Å². The molecule has 1 aromatic heterocycles. The number of ether oxygens (including phenoxy) is 5. The van der Waals surface area contributed by atoms with E-state index in [1.54, 1.807) is 18.2 Å². The molecule has 1 aromatic rings. The van der Waals surface area contributed by atoms with Crippen LogP contribution < -0.4 is 44.1 Å². The van der Waals surface area contributed by atoms with Crippen molar-refractivity contribution in [3.63, 3.8) is 0 Å². The smallest absolute Gasteiger partial charge is 0.274 e. The largest absolute Gasteiger partial charge is 0.388 e. The van der Waals surface area contributed by atoms with E-state index in [-0.39, 0.29) is 63.1 Å². The van der Waals surface area contributed by atoms with Gasteiger partial charge in [0.15, 0.2) is 24.6 Å². The topological polar surface area (TPSA) is 431 Å². The summed E-state index contributed by atoms with van der Waals surface area (Å²) in [5, 5.41) is 105. The molecule has 0 saturated carbocycles. The highest BCUT2D eigenvalue weighted by Crippen LogP contribution is 2.35. The van der Waals surface area contributed by atoms with Gasteiger partial charge in [0, 0.05) is 38.0 Å². The predicted octanol–water partition coefficient (Wildman–Crippen LogP) is -9.79. The van der Waals surface area contributed by atoms with Crippen LogP contribution in [0, 0.1) is 5.92 Å². The lowest BCUT2D eigenvalue weighted by molar-refractivity contribution is -0.376. The molecular formula is C35H56N12O16. The first kappa shape index (κ1) is 48.2. The first-order valence-electron chi connectivity index (χ1n) is 20.1. The second kappa shape index (κ2) is 21.6. The summed E-state index contributed by atoms with van der Waals surface area (Å²) in [5.74, 6) is -2.04. The molecule has 0 spiro atoms. The van der Waals surface area contributed by atoms with Crippen molar-refractivity contribution in [2.24, 2.45) is 23.1 Å². The maximum absolute atomic E-state index is 12.5. The van der Waals surface area contributed by atoms with Gasteiger partial charge in [0.05, 0.1) is 32.1 Å². The molecule has 16 atom stereocenters. The molecule has 3 amide bonds. The van der Waals surface area contributed by atoms with Gasteiger partial charge in [-0.2, -0.15) is 0 Å². The highest BCUT2D eigenvalue weighted by molar-refractivity contribution is 5.97. The average molecular weight is 901 g/mol. The van der Waals surface area contributed by atoms with Gasteiger partial charge in [-0.3, -0.25) is 24.8 Å². The maximum Gasteiger partial charge on any atom is 0.274 e. The molecule has 28 nitrogen and oxygen atoms in total. The molecule has 5 heterocycles. The monoisotopic (exact) mass is 900 g/mol. The Kier molecular flexibility index (Phi) is 16.5. The van der Waals surface area contributed by atoms with E-state index >= 15 is 0 Å². The van der Waals surface area contributed by atoms with Crippen LogP contribution in [0.3, 0.4) is 0 Å². The summed E-state index contributed by atoms with van der Waals surface area (Å²) in [6.07, 6.45) is -18.6. The first-order valence-corrected chi connectivity index (χ1v) is 20.1. The van der Waals surface area contributed by atoms with Gasteiger partial charge in [0.25, 0.3) is 17.7 Å². The summed E-state index contributed by atoms with van der Waals surface area (Å²) < 4.78 is 30.9. The number of carbonyl (C=O) groups excluding carboxylic acids is 3. The fourth-order valence-corrected chi connectivity index (χ4v) is 7.42. The van der Waals surface area contributed by atoms with Gasteiger partial charge in [0.2, 0.25) is 0 Å². The van der Waals surface area contributed by atoms with Gasteiger partial charge < -0.3 is 97.7 Å². The molecule has 0 bridgehead atoms. The minimum atomic E-state index is -2.02. The van der Waals surface area contributed by atoms with Crippen molar-refractivity contribution in [1.29, 1.82) is 0 Å². The zero-order valence-electron chi connectivity index (χ0n) is 33.6. The van der Waals surface area contributed by atoms with Crippen LogP contribution in [0.5, 0.6) is 0 Å². The van der Waals surface area contributed by atoms with E-state index in [0.717, 1.165) is 4.68 Å². The van der Waals surface area contributed by atoms with Gasteiger partial charge in [-0.05, 0) is 12.3 Å². The molecule has 5 aliphatic rings. The van der Waals surface area contributed by atoms with E-state index in [0.29, 0.717) is 5.57 Å². The summed E-state index contributed by atoms with van der Waals surface area (Å²) in [6, 6.07) is 0. The lowest BCUT2D eigenvalue weighted by atomic mass is 9.91. The zero-order valence-corrected chi connectivity index (χ0v) is 33.6. The maximum atomic E-state index is 12.5. The second-order valence-electron chi connectivity index (χ2n) is 15.2. The van der Waals surface area contributed by atoms with Crippen LogP contribution in [0.25, 0.3) is 0 Å². The number of nitrogens with two attached hydrogens (primary N) is 3. The Morgan fingerprint density at radius 3 is 2.05 bits per heavy atom. The zero-order chi connectivity index (χ0) is 45.5. The summed E-state index contributed by atoms with van der Waals surface area (Å²) in [5.41, 5.74) is 21.9. The van der Waals surface area contributed by atoms with Crippen molar-refractivity contribution < 1.29 is 78.9 Å². The molecule has 0 radical (unpaired) electrons. The van der Waals surface area contributed by atoms with Gasteiger partial charge in [-0.25, -0.2) is 4.68 Å². The van der Waals surface area contributed by atoms with Gasteiger partial charge in [-0.1, -0.05) is 23.4 Å². The van der Waals surface area contributed by atoms with E-state index < -0.39 is 116 Å². The van der Waals surface area contributed by atoms with Gasteiger partial charge in [-0.15, -0.1) is 10.6 Å². The number of amides is 3. The SMILES string of the molecule is NCCNC(=O)C1=CC(CC2O[C@H](O)C(O)[C@@H](O)[C@@H]2O[C@H]2OC(Cn3cc(C(=O)NCN)nn3)[C@@H](O[C@H]3OC(CN4C=C(C(=O)NCCN)NN4)[C@@H](O)[C@H](O)C3O)[C@H](O)C2O)C=C1. The standard InChI is InChI=1S/C35H56N12O16/c36-3-5-39-30(55)15-2-1-14(7-15)8-18-28(23(50)25(52)33(58)59-18)62-35-27(54)24(51)29(20(61-35)12-47-10-17(43-45-47)32(57)41-13-38)63-34-26(53)22(49)21(48)19(60-34)11-46-9-16(42-44-46)31(56)40-6-4-37/h1-2,7,9-10,14,18-29,33-35,42,44,48-54,58H,3-6,8,11-13,36-38H2,(H,39,55)(H,40,56)(H,41,57)/t14?,18?,19?,20?,21-,22+,23-,24-,25?,26?,27?,28-,29-,33+,34-,35-/m1/s1. The molecule has 7 unspecified atom stereocenters. The number of aromatic nitrogens is 3. The van der Waals surface area contributed by atoms with Crippen LogP contribution in [0.4, 0.5) is 0 Å². The fraction of sp³-hybridized carbons (Fsp3) is 0.686. The van der Waals surface area contributed by atoms with Crippen molar-refractivity contribution >= 4 is 17.7 Å². The number of carbonyl (C=O) groups is 3. The summed E-state index contributed by atoms with van der Waals surface area (Å²) in [4.78, 5) is 37.3. The quantitative estimate of drug-likeness (QED) is 0.0608. The molecule has 3 saturated heterocycles. The van der Waals surface area contributed by atoms with Crippen molar-refractivity contribution in [2.75, 3.05) is 39.4 Å². The molecule has 6 rings (SSSR count). The Morgan fingerprint density at radius 2 is 1.37 bits per heavy atom. The minimum absolute atomic E-state index is 0.0172. The van der Waals surface area contributed by atoms with Crippen molar-refractivity contribution in [3.8, 4) is 0 Å². The van der Waals surface area contributed by atoms with Crippen LogP contribution in [0.1, 0.15) is 16.9 Å². The van der Waals surface area contributed by atoms with Gasteiger partial charge in [0.1, 0.15) is 72.8 Å². The van der Waals surface area contributed by atoms with Crippen LogP contribution in [0.15, 0.2) is 41.9 Å². The highest BCUT2D eigenvalue weighted by atomic mass is 16.7. The Labute approximate surface area is 358 Å². The number of nitrogens with one attached hydrogen (secondary N) is 5. The van der Waals surface area contributed by atoms with Crippen LogP contribution in [-0.2, 0) is 39.8 Å². The van der Waals surface area contributed by atoms with Crippen molar-refractivity contribution in [1.82, 2.24) is 46.9 Å². The molecule has 19 N–H and O–H groups in total. The van der Waals surface area contributed by atoms with E-state index in [4.69, 9.17) is 40.9 Å². The Morgan fingerprint density at radius 1 is 0.730 bits per heavy atom. The van der Waals surface area contributed by atoms with E-state index in [2.05, 4.69) is 37.2 Å². The van der Waals surface area contributed by atoms with Gasteiger partial charge >= 0.3 is 0 Å². The summed E-state index contributed by atoms with van der Waals surface area (Å²) in [7, 11) is 0. The summed E-state index contributed by atoms with van der Waals surface area (Å²) >= 11 is 0. The lowest BCUT2D eigenvalue weighted by Crippen LogP contribution is -2.66. The average Bonchev–Trinajstić information content (AvgIpc) is 4.06. The molecule has 3 fully saturated rings. The van der Waals surface area contributed by atoms with Crippen LogP contribution in [-0.4, -0.2) is 210 Å². The number of aliphatic hydroxyl groups is 8. The Bertz CT molecular complexity index is 1830. The predicted molar refractivity (Wildman–Crippen MR) is 207 cm³/mol. The normalized spacial score (nSPS) is 36.7. The van der Waals surface area contributed by atoms with E-state index in [9.17, 15) is 55.2 Å². The molecule has 28 heteroatoms. The third-order valence-corrected chi connectivity index (χ3v) is 10.7. The molecule has 352 valence electrons. The molecule has 1 aliphatic carbocycles. The fourth-order valence-electron chi connectivity index (χ4n) is 7.42. The number of nitrogens with zero attached hydrogens (tertiary/aromatic N) is 4. The molecule has 0 aromatic carbocycles. The highest BCUT2D eigenvalue weighted by Gasteiger charge is 2.54. The minimum Gasteiger partial charge on any atom is -0.388 e. The third kappa shape index (κ3) is 11.3. The summed E-state index contributed by atoms with van der Waals surface area (Å²) in [6.45, 7) is -0.000503. The number of hydrogen-bond acceptors (Lipinski definition) is 24. The number of hydrogen-bond donors (Lipinski definition) is 16. The molecule has 63 heavy (non-hydrogen) atoms. The Hall–Kier alpha value is -4.31.